The van der Waals surface area contributed by atoms with Gasteiger partial charge in [0, 0.05) is 22.8 Å². The van der Waals surface area contributed by atoms with E-state index in [9.17, 15) is 4.39 Å². The second-order valence-corrected chi connectivity index (χ2v) is 4.98. The van der Waals surface area contributed by atoms with Crippen LogP contribution in [-0.2, 0) is 6.61 Å². The van der Waals surface area contributed by atoms with E-state index in [0.717, 1.165) is 16.5 Å². The maximum atomic E-state index is 13.0. The molecule has 0 saturated carbocycles. The van der Waals surface area contributed by atoms with Crippen molar-refractivity contribution in [3.8, 4) is 5.75 Å². The van der Waals surface area contributed by atoms with Gasteiger partial charge < -0.3 is 10.5 Å². The van der Waals surface area contributed by atoms with Crippen LogP contribution in [0.4, 0.5) is 10.1 Å². The first kappa shape index (κ1) is 13.6. The molecule has 2 aromatic carbocycles. The Morgan fingerprint density at radius 2 is 2.05 bits per heavy atom. The van der Waals surface area contributed by atoms with Crippen LogP contribution >= 0.6 is 11.6 Å². The summed E-state index contributed by atoms with van der Waals surface area (Å²) in [4.78, 5) is 4.34. The van der Waals surface area contributed by atoms with Gasteiger partial charge in [0.25, 0.3) is 0 Å². The zero-order valence-electron chi connectivity index (χ0n) is 11.0. The predicted octanol–water partition coefficient (Wildman–Crippen LogP) is 4.19. The van der Waals surface area contributed by atoms with Crippen molar-refractivity contribution in [2.45, 2.75) is 6.61 Å². The molecule has 0 fully saturated rings. The monoisotopic (exact) mass is 302 g/mol. The highest BCUT2D eigenvalue weighted by atomic mass is 35.5. The molecule has 3 aromatic rings. The molecule has 2 N–H and O–H groups in total. The number of fused-ring (bicyclic) bond motifs is 1. The standard InChI is InChI=1S/C16H12ClFN2O/c17-13-8-11(18)4-6-15(13)21-9-10-3-5-14(19)12-2-1-7-20-16(10)12/h1-8H,9,19H2. The Labute approximate surface area is 126 Å². The number of nitrogens with two attached hydrogens (primary N) is 1. The van der Waals surface area contributed by atoms with Gasteiger partial charge in [-0.2, -0.15) is 0 Å². The summed E-state index contributed by atoms with van der Waals surface area (Å²) in [7, 11) is 0. The van der Waals surface area contributed by atoms with Crippen molar-refractivity contribution in [2.75, 3.05) is 5.73 Å². The van der Waals surface area contributed by atoms with Crippen molar-refractivity contribution >= 4 is 28.2 Å². The first-order valence-electron chi connectivity index (χ1n) is 6.35. The Hall–Kier alpha value is -2.33. The number of pyridine rings is 1. The zero-order valence-corrected chi connectivity index (χ0v) is 11.8. The molecular weight excluding hydrogens is 291 g/mol. The van der Waals surface area contributed by atoms with Gasteiger partial charge in [0.2, 0.25) is 0 Å². The fourth-order valence-corrected chi connectivity index (χ4v) is 2.34. The molecule has 1 heterocycles. The lowest BCUT2D eigenvalue weighted by molar-refractivity contribution is 0.307. The normalized spacial score (nSPS) is 10.8. The number of benzene rings is 2. The summed E-state index contributed by atoms with van der Waals surface area (Å²) in [5.74, 6) is 0.0333. The first-order chi connectivity index (χ1) is 10.1. The molecule has 3 nitrogen and oxygen atoms in total. The fourth-order valence-electron chi connectivity index (χ4n) is 2.12. The van der Waals surface area contributed by atoms with Gasteiger partial charge in [-0.1, -0.05) is 17.7 Å². The summed E-state index contributed by atoms with van der Waals surface area (Å²) in [6.45, 7) is 0.277. The van der Waals surface area contributed by atoms with Crippen LogP contribution in [0, 0.1) is 5.82 Å². The highest BCUT2D eigenvalue weighted by molar-refractivity contribution is 6.32. The molecule has 0 saturated heterocycles. The average Bonchev–Trinajstić information content (AvgIpc) is 2.48. The number of hydrogen-bond acceptors (Lipinski definition) is 3. The lowest BCUT2D eigenvalue weighted by Gasteiger charge is -2.11. The zero-order chi connectivity index (χ0) is 14.8. The minimum absolute atomic E-state index is 0.239. The van der Waals surface area contributed by atoms with Crippen LogP contribution in [0.2, 0.25) is 5.02 Å². The second kappa shape index (κ2) is 5.58. The van der Waals surface area contributed by atoms with Crippen molar-refractivity contribution in [1.29, 1.82) is 0 Å². The first-order valence-corrected chi connectivity index (χ1v) is 6.73. The van der Waals surface area contributed by atoms with E-state index in [1.807, 2.05) is 24.3 Å². The lowest BCUT2D eigenvalue weighted by atomic mass is 10.1. The molecule has 21 heavy (non-hydrogen) atoms. The van der Waals surface area contributed by atoms with E-state index < -0.39 is 5.82 Å². The molecule has 5 heteroatoms. The molecule has 106 valence electrons. The third kappa shape index (κ3) is 2.76. The number of ether oxygens (including phenoxy) is 1. The highest BCUT2D eigenvalue weighted by Crippen LogP contribution is 2.27. The number of rotatable bonds is 3. The van der Waals surface area contributed by atoms with Crippen molar-refractivity contribution < 1.29 is 9.13 Å². The fraction of sp³-hybridized carbons (Fsp3) is 0.0625. The SMILES string of the molecule is Nc1ccc(COc2ccc(F)cc2Cl)c2ncccc12. The summed E-state index contributed by atoms with van der Waals surface area (Å²) in [6.07, 6.45) is 1.70. The Morgan fingerprint density at radius 3 is 2.86 bits per heavy atom. The third-order valence-electron chi connectivity index (χ3n) is 3.16. The van der Waals surface area contributed by atoms with E-state index in [0.29, 0.717) is 11.4 Å². The van der Waals surface area contributed by atoms with Crippen molar-refractivity contribution in [2.24, 2.45) is 0 Å². The van der Waals surface area contributed by atoms with Crippen molar-refractivity contribution in [1.82, 2.24) is 4.98 Å². The van der Waals surface area contributed by atoms with Crippen LogP contribution in [0.25, 0.3) is 10.9 Å². The van der Waals surface area contributed by atoms with Crippen molar-refractivity contribution in [3.63, 3.8) is 0 Å². The van der Waals surface area contributed by atoms with Gasteiger partial charge in [-0.15, -0.1) is 0 Å². The van der Waals surface area contributed by atoms with Gasteiger partial charge >= 0.3 is 0 Å². The van der Waals surface area contributed by atoms with Gasteiger partial charge in [0.1, 0.15) is 18.2 Å². The lowest BCUT2D eigenvalue weighted by Crippen LogP contribution is -1.99. The van der Waals surface area contributed by atoms with E-state index in [4.69, 9.17) is 22.1 Å². The number of anilines is 1. The number of aromatic nitrogens is 1. The maximum Gasteiger partial charge on any atom is 0.138 e. The Kier molecular flexibility index (Phi) is 3.62. The number of nitrogens with zero attached hydrogens (tertiary/aromatic N) is 1. The minimum Gasteiger partial charge on any atom is -0.487 e. The van der Waals surface area contributed by atoms with Crippen LogP contribution in [0.3, 0.4) is 0 Å². The molecule has 3 rings (SSSR count). The topological polar surface area (TPSA) is 48.1 Å². The molecule has 1 aromatic heterocycles. The van der Waals surface area contributed by atoms with Crippen molar-refractivity contribution in [3.05, 3.63) is 65.1 Å². The smallest absolute Gasteiger partial charge is 0.138 e. The largest absolute Gasteiger partial charge is 0.487 e. The molecule has 0 atom stereocenters. The number of hydrogen-bond donors (Lipinski definition) is 1. The van der Waals surface area contributed by atoms with E-state index in [1.165, 1.54) is 18.2 Å². The molecule has 0 spiro atoms. The van der Waals surface area contributed by atoms with E-state index in [1.54, 1.807) is 6.20 Å². The number of halogens is 2. The van der Waals surface area contributed by atoms with Crippen LogP contribution in [0.15, 0.2) is 48.7 Å². The summed E-state index contributed by atoms with van der Waals surface area (Å²) in [5, 5.41) is 1.12. The maximum absolute atomic E-state index is 13.0. The molecule has 0 unspecified atom stereocenters. The third-order valence-corrected chi connectivity index (χ3v) is 3.46. The van der Waals surface area contributed by atoms with Gasteiger partial charge in [-0.3, -0.25) is 4.98 Å². The highest BCUT2D eigenvalue weighted by Gasteiger charge is 2.08. The minimum atomic E-state index is -0.396. The molecule has 0 radical (unpaired) electrons. The molecule has 0 aliphatic carbocycles. The Balaban J connectivity index is 1.90. The molecule has 0 bridgehead atoms. The quantitative estimate of drug-likeness (QED) is 0.738. The van der Waals surface area contributed by atoms with E-state index in [2.05, 4.69) is 4.98 Å². The van der Waals surface area contributed by atoms with E-state index >= 15 is 0 Å². The van der Waals surface area contributed by atoms with Gasteiger partial charge in [-0.05, 0) is 36.4 Å². The van der Waals surface area contributed by atoms with Gasteiger partial charge in [0.05, 0.1) is 10.5 Å². The molecule has 0 aliphatic rings. The average molecular weight is 303 g/mol. The van der Waals surface area contributed by atoms with Crippen LogP contribution in [0.5, 0.6) is 5.75 Å². The predicted molar refractivity (Wildman–Crippen MR) is 81.9 cm³/mol. The Bertz CT molecular complexity index is 807. The van der Waals surface area contributed by atoms with Crippen LogP contribution in [0.1, 0.15) is 5.56 Å². The number of nitrogen functional groups attached to an aromatic ring is 1. The Morgan fingerprint density at radius 1 is 1.19 bits per heavy atom. The molecular formula is C16H12ClFN2O. The summed E-state index contributed by atoms with van der Waals surface area (Å²) in [5.41, 5.74) is 8.27. The van der Waals surface area contributed by atoms with Crippen LogP contribution < -0.4 is 10.5 Å². The molecule has 0 aliphatic heterocycles. The molecule has 0 amide bonds. The van der Waals surface area contributed by atoms with Gasteiger partial charge in [0.15, 0.2) is 0 Å². The summed E-state index contributed by atoms with van der Waals surface area (Å²) in [6, 6.07) is 11.4. The van der Waals surface area contributed by atoms with Crippen LogP contribution in [-0.4, -0.2) is 4.98 Å². The van der Waals surface area contributed by atoms with Gasteiger partial charge in [-0.25, -0.2) is 4.39 Å². The second-order valence-electron chi connectivity index (χ2n) is 4.58. The summed E-state index contributed by atoms with van der Waals surface area (Å²) >= 11 is 5.94. The van der Waals surface area contributed by atoms with E-state index in [-0.39, 0.29) is 11.6 Å². The summed E-state index contributed by atoms with van der Waals surface area (Å²) < 4.78 is 18.6.